The largest absolute Gasteiger partial charge is 0.380 e. The van der Waals surface area contributed by atoms with Crippen LogP contribution in [0.15, 0.2) is 34.9 Å². The van der Waals surface area contributed by atoms with Crippen molar-refractivity contribution in [3.8, 4) is 0 Å². The van der Waals surface area contributed by atoms with Crippen molar-refractivity contribution in [3.05, 3.63) is 47.6 Å². The minimum atomic E-state index is 0.474. The Labute approximate surface area is 118 Å². The molecule has 1 fully saturated rings. The third-order valence-electron chi connectivity index (χ3n) is 3.42. The van der Waals surface area contributed by atoms with Crippen LogP contribution in [0.5, 0.6) is 0 Å². The van der Waals surface area contributed by atoms with Crippen LogP contribution in [0.4, 0.5) is 0 Å². The summed E-state index contributed by atoms with van der Waals surface area (Å²) >= 11 is 0. The van der Waals surface area contributed by atoms with Crippen molar-refractivity contribution < 1.29 is 9.26 Å². The number of ether oxygens (including phenoxy) is 1. The molecular weight excluding hydrogens is 254 g/mol. The molecule has 0 aliphatic carbocycles. The van der Waals surface area contributed by atoms with Crippen LogP contribution in [0.25, 0.3) is 0 Å². The summed E-state index contributed by atoms with van der Waals surface area (Å²) in [6.07, 6.45) is 2.57. The number of aromatic nitrogens is 2. The molecule has 0 spiro atoms. The van der Waals surface area contributed by atoms with Crippen LogP contribution in [0.2, 0.25) is 0 Å². The molecule has 2 aromatic rings. The van der Waals surface area contributed by atoms with E-state index in [1.165, 1.54) is 5.56 Å². The van der Waals surface area contributed by atoms with Crippen molar-refractivity contribution in [2.24, 2.45) is 0 Å². The Morgan fingerprint density at radius 2 is 2.15 bits per heavy atom. The van der Waals surface area contributed by atoms with E-state index in [2.05, 4.69) is 27.6 Å². The third kappa shape index (κ3) is 3.65. The van der Waals surface area contributed by atoms with Gasteiger partial charge in [0.25, 0.3) is 0 Å². The Morgan fingerprint density at radius 1 is 1.25 bits per heavy atom. The summed E-state index contributed by atoms with van der Waals surface area (Å²) in [4.78, 5) is 4.42. The zero-order valence-corrected chi connectivity index (χ0v) is 11.4. The molecule has 20 heavy (non-hydrogen) atoms. The molecule has 2 heterocycles. The van der Waals surface area contributed by atoms with Gasteiger partial charge in [-0.1, -0.05) is 35.5 Å². The first kappa shape index (κ1) is 13.3. The fourth-order valence-corrected chi connectivity index (χ4v) is 2.32. The number of benzene rings is 1. The Bertz CT molecular complexity index is 521. The minimum absolute atomic E-state index is 0.474. The second kappa shape index (κ2) is 6.63. The van der Waals surface area contributed by atoms with Gasteiger partial charge in [-0.25, -0.2) is 0 Å². The van der Waals surface area contributed by atoms with Gasteiger partial charge in [0.15, 0.2) is 5.82 Å². The SMILES string of the molecule is c1ccc(Cc2noc(CCN[C@@H]3CCOC3)n2)cc1. The van der Waals surface area contributed by atoms with Gasteiger partial charge in [0.05, 0.1) is 6.61 Å². The highest BCUT2D eigenvalue weighted by Gasteiger charge is 2.15. The monoisotopic (exact) mass is 273 g/mol. The summed E-state index contributed by atoms with van der Waals surface area (Å²) in [6, 6.07) is 10.6. The lowest BCUT2D eigenvalue weighted by molar-refractivity contribution is 0.190. The van der Waals surface area contributed by atoms with Crippen molar-refractivity contribution in [1.29, 1.82) is 0 Å². The molecule has 1 aromatic heterocycles. The van der Waals surface area contributed by atoms with Gasteiger partial charge in [-0.15, -0.1) is 0 Å². The molecular formula is C15H19N3O2. The molecule has 0 radical (unpaired) electrons. The summed E-state index contributed by atoms with van der Waals surface area (Å²) < 4.78 is 10.6. The van der Waals surface area contributed by atoms with Crippen molar-refractivity contribution in [2.45, 2.75) is 25.3 Å². The topological polar surface area (TPSA) is 60.2 Å². The average Bonchev–Trinajstić information content (AvgIpc) is 3.12. The average molecular weight is 273 g/mol. The summed E-state index contributed by atoms with van der Waals surface area (Å²) in [5, 5.41) is 7.46. The van der Waals surface area contributed by atoms with Crippen LogP contribution in [-0.4, -0.2) is 35.9 Å². The van der Waals surface area contributed by atoms with Gasteiger partial charge < -0.3 is 14.6 Å². The molecule has 5 heteroatoms. The van der Waals surface area contributed by atoms with E-state index < -0.39 is 0 Å². The van der Waals surface area contributed by atoms with Crippen molar-refractivity contribution in [1.82, 2.24) is 15.5 Å². The highest BCUT2D eigenvalue weighted by molar-refractivity contribution is 5.18. The fraction of sp³-hybridized carbons (Fsp3) is 0.467. The summed E-state index contributed by atoms with van der Waals surface area (Å²) in [6.45, 7) is 2.52. The third-order valence-corrected chi connectivity index (χ3v) is 3.42. The van der Waals surface area contributed by atoms with Crippen molar-refractivity contribution in [2.75, 3.05) is 19.8 Å². The Balaban J connectivity index is 1.46. The van der Waals surface area contributed by atoms with Crippen molar-refractivity contribution >= 4 is 0 Å². The van der Waals surface area contributed by atoms with Crippen LogP contribution in [-0.2, 0) is 17.6 Å². The van der Waals surface area contributed by atoms with Gasteiger partial charge in [0.1, 0.15) is 0 Å². The highest BCUT2D eigenvalue weighted by Crippen LogP contribution is 2.07. The van der Waals surface area contributed by atoms with E-state index in [0.717, 1.165) is 38.4 Å². The minimum Gasteiger partial charge on any atom is -0.380 e. The van der Waals surface area contributed by atoms with Crippen LogP contribution in [0.3, 0.4) is 0 Å². The number of hydrogen-bond donors (Lipinski definition) is 1. The maximum absolute atomic E-state index is 5.32. The number of rotatable bonds is 6. The molecule has 0 bridgehead atoms. The first-order valence-electron chi connectivity index (χ1n) is 7.06. The maximum atomic E-state index is 5.32. The zero-order chi connectivity index (χ0) is 13.6. The second-order valence-corrected chi connectivity index (χ2v) is 5.03. The van der Waals surface area contributed by atoms with Gasteiger partial charge in [-0.05, 0) is 12.0 Å². The van der Waals surface area contributed by atoms with Gasteiger partial charge in [-0.3, -0.25) is 0 Å². The summed E-state index contributed by atoms with van der Waals surface area (Å²) in [5.41, 5.74) is 1.20. The van der Waals surface area contributed by atoms with Gasteiger partial charge in [0, 0.05) is 32.0 Å². The van der Waals surface area contributed by atoms with E-state index in [4.69, 9.17) is 9.26 Å². The first-order chi connectivity index (χ1) is 9.90. The molecule has 0 amide bonds. The molecule has 3 rings (SSSR count). The van der Waals surface area contributed by atoms with Gasteiger partial charge in [0.2, 0.25) is 5.89 Å². The van der Waals surface area contributed by atoms with E-state index in [9.17, 15) is 0 Å². The van der Waals surface area contributed by atoms with Gasteiger partial charge in [-0.2, -0.15) is 4.98 Å². The lowest BCUT2D eigenvalue weighted by Crippen LogP contribution is -2.30. The van der Waals surface area contributed by atoms with Crippen LogP contribution in [0.1, 0.15) is 23.7 Å². The number of nitrogens with one attached hydrogen (secondary N) is 1. The Kier molecular flexibility index (Phi) is 4.40. The number of nitrogens with zero attached hydrogens (tertiary/aromatic N) is 2. The Morgan fingerprint density at radius 3 is 2.95 bits per heavy atom. The molecule has 5 nitrogen and oxygen atoms in total. The lowest BCUT2D eigenvalue weighted by atomic mass is 10.1. The molecule has 1 aliphatic heterocycles. The number of hydrogen-bond acceptors (Lipinski definition) is 5. The van der Waals surface area contributed by atoms with Crippen molar-refractivity contribution in [3.63, 3.8) is 0 Å². The van der Waals surface area contributed by atoms with Crippen LogP contribution < -0.4 is 5.32 Å². The quantitative estimate of drug-likeness (QED) is 0.866. The first-order valence-corrected chi connectivity index (χ1v) is 7.06. The summed E-state index contributed by atoms with van der Waals surface area (Å²) in [5.74, 6) is 1.44. The van der Waals surface area contributed by atoms with E-state index >= 15 is 0 Å². The lowest BCUT2D eigenvalue weighted by Gasteiger charge is -2.07. The van der Waals surface area contributed by atoms with E-state index in [0.29, 0.717) is 18.4 Å². The Hall–Kier alpha value is -1.72. The predicted octanol–water partition coefficient (Wildman–Crippen LogP) is 1.58. The highest BCUT2D eigenvalue weighted by atomic mass is 16.5. The molecule has 1 aromatic carbocycles. The smallest absolute Gasteiger partial charge is 0.227 e. The van der Waals surface area contributed by atoms with E-state index in [1.807, 2.05) is 18.2 Å². The van der Waals surface area contributed by atoms with Gasteiger partial charge >= 0.3 is 0 Å². The van der Waals surface area contributed by atoms with E-state index in [1.54, 1.807) is 0 Å². The molecule has 106 valence electrons. The molecule has 0 unspecified atom stereocenters. The fourth-order valence-electron chi connectivity index (χ4n) is 2.32. The summed E-state index contributed by atoms with van der Waals surface area (Å²) in [7, 11) is 0. The molecule has 1 atom stereocenters. The predicted molar refractivity (Wildman–Crippen MR) is 74.5 cm³/mol. The maximum Gasteiger partial charge on any atom is 0.227 e. The second-order valence-electron chi connectivity index (χ2n) is 5.03. The normalized spacial score (nSPS) is 18.5. The zero-order valence-electron chi connectivity index (χ0n) is 11.4. The molecule has 0 saturated carbocycles. The molecule has 1 saturated heterocycles. The molecule has 1 N–H and O–H groups in total. The van der Waals surface area contributed by atoms with Crippen LogP contribution in [0, 0.1) is 0 Å². The van der Waals surface area contributed by atoms with Crippen LogP contribution >= 0.6 is 0 Å². The van der Waals surface area contributed by atoms with E-state index in [-0.39, 0.29) is 0 Å². The standard InChI is InChI=1S/C15H19N3O2/c1-2-4-12(5-3-1)10-14-17-15(20-18-14)6-8-16-13-7-9-19-11-13/h1-5,13,16H,6-11H2/t13-/m1/s1. The molecule has 1 aliphatic rings.